The average molecular weight is 336 g/mol. The first-order valence-corrected chi connectivity index (χ1v) is 7.55. The fourth-order valence-corrected chi connectivity index (χ4v) is 2.55. The van der Waals surface area contributed by atoms with E-state index in [-0.39, 0.29) is 71.8 Å². The predicted octanol–water partition coefficient (Wildman–Crippen LogP) is -4.43. The third kappa shape index (κ3) is 4.77. The standard InChI is InChI=1S/C10H8O6S2.2Na.2H/c11-17(12,13)9-3-1-7-5-10(18(14,15)16)4-2-8(7)6-9;;;;/h1-6H,(H,11,12,13)(H,14,15,16);;;;/q;2*+1;2*-1. The van der Waals surface area contributed by atoms with Crippen molar-refractivity contribution in [3.8, 4) is 0 Å². The first kappa shape index (κ1) is 20.5. The maximum atomic E-state index is 10.9. The minimum absolute atomic E-state index is 0. The summed E-state index contributed by atoms with van der Waals surface area (Å²) in [5, 5.41) is 0.857. The molecule has 0 fully saturated rings. The van der Waals surface area contributed by atoms with Crippen LogP contribution in [0.5, 0.6) is 0 Å². The Kier molecular flexibility index (Phi) is 7.37. The van der Waals surface area contributed by atoms with Crippen molar-refractivity contribution in [2.45, 2.75) is 9.79 Å². The average Bonchev–Trinajstić information content (AvgIpc) is 2.25. The molecule has 2 aromatic rings. The van der Waals surface area contributed by atoms with Gasteiger partial charge < -0.3 is 2.85 Å². The molecule has 2 N–H and O–H groups in total. The van der Waals surface area contributed by atoms with Gasteiger partial charge in [-0.15, -0.1) is 0 Å². The van der Waals surface area contributed by atoms with Gasteiger partial charge in [-0.2, -0.15) is 16.8 Å². The molecule has 0 unspecified atom stereocenters. The van der Waals surface area contributed by atoms with Gasteiger partial charge >= 0.3 is 59.1 Å². The molecule has 2 aromatic carbocycles. The Balaban J connectivity index is -0.000000902. The molecule has 2 rings (SSSR count). The molecule has 0 aliphatic rings. The van der Waals surface area contributed by atoms with Gasteiger partial charge in [0.1, 0.15) is 0 Å². The minimum Gasteiger partial charge on any atom is -1.00 e. The van der Waals surface area contributed by atoms with Crippen molar-refractivity contribution in [3.63, 3.8) is 0 Å². The molecule has 6 nitrogen and oxygen atoms in total. The Hall–Kier alpha value is 0.520. The van der Waals surface area contributed by atoms with Crippen molar-refractivity contribution >= 4 is 31.0 Å². The van der Waals surface area contributed by atoms with Crippen LogP contribution in [0.25, 0.3) is 10.8 Å². The second-order valence-electron chi connectivity index (χ2n) is 3.62. The number of hydrogen-bond donors (Lipinski definition) is 2. The SMILES string of the molecule is O=S(=O)(O)c1ccc2cc(S(=O)(=O)O)ccc2c1.[H-].[H-].[Na+].[Na+]. The van der Waals surface area contributed by atoms with Crippen LogP contribution in [-0.4, -0.2) is 25.9 Å². The van der Waals surface area contributed by atoms with Crippen LogP contribution in [0, 0.1) is 0 Å². The van der Waals surface area contributed by atoms with E-state index in [1.807, 2.05) is 0 Å². The summed E-state index contributed by atoms with van der Waals surface area (Å²) in [7, 11) is -8.60. The summed E-state index contributed by atoms with van der Waals surface area (Å²) in [6.07, 6.45) is 0. The van der Waals surface area contributed by atoms with Crippen LogP contribution in [0.3, 0.4) is 0 Å². The molecule has 0 spiro atoms. The van der Waals surface area contributed by atoms with Gasteiger partial charge in [-0.25, -0.2) is 0 Å². The van der Waals surface area contributed by atoms with E-state index >= 15 is 0 Å². The van der Waals surface area contributed by atoms with E-state index in [1.165, 1.54) is 24.3 Å². The van der Waals surface area contributed by atoms with E-state index in [9.17, 15) is 16.8 Å². The molecule has 0 saturated heterocycles. The molecule has 0 radical (unpaired) electrons. The molecule has 10 heteroatoms. The molecular formula is C10H10Na2O6S2. The monoisotopic (exact) mass is 336 g/mol. The Morgan fingerprint density at radius 1 is 0.700 bits per heavy atom. The fraction of sp³-hybridized carbons (Fsp3) is 0. The van der Waals surface area contributed by atoms with Gasteiger partial charge in [0, 0.05) is 0 Å². The fourth-order valence-electron chi connectivity index (χ4n) is 1.52. The molecule has 0 amide bonds. The van der Waals surface area contributed by atoms with Crippen molar-refractivity contribution in [1.29, 1.82) is 0 Å². The summed E-state index contributed by atoms with van der Waals surface area (Å²) in [4.78, 5) is -0.566. The number of benzene rings is 2. The normalized spacial score (nSPS) is 11.5. The van der Waals surface area contributed by atoms with Crippen LogP contribution < -0.4 is 59.1 Å². The second-order valence-corrected chi connectivity index (χ2v) is 6.46. The molecule has 100 valence electrons. The number of rotatable bonds is 2. The topological polar surface area (TPSA) is 109 Å². The van der Waals surface area contributed by atoms with Crippen molar-refractivity contribution in [1.82, 2.24) is 0 Å². The molecule has 0 saturated carbocycles. The first-order valence-electron chi connectivity index (χ1n) is 4.67. The van der Waals surface area contributed by atoms with E-state index in [2.05, 4.69) is 0 Å². The van der Waals surface area contributed by atoms with Gasteiger partial charge in [0.2, 0.25) is 0 Å². The van der Waals surface area contributed by atoms with Crippen LogP contribution in [0.4, 0.5) is 0 Å². The van der Waals surface area contributed by atoms with Crippen molar-refractivity contribution in [2.24, 2.45) is 0 Å². The van der Waals surface area contributed by atoms with E-state index in [1.54, 1.807) is 0 Å². The zero-order chi connectivity index (χ0) is 13.6. The third-order valence-corrected chi connectivity index (χ3v) is 4.08. The summed E-state index contributed by atoms with van der Waals surface area (Å²) in [6.45, 7) is 0. The van der Waals surface area contributed by atoms with Gasteiger partial charge in [0.25, 0.3) is 20.2 Å². The van der Waals surface area contributed by atoms with E-state index in [0.29, 0.717) is 10.8 Å². The Labute approximate surface area is 163 Å². The predicted molar refractivity (Wildman–Crippen MR) is 65.8 cm³/mol. The van der Waals surface area contributed by atoms with Gasteiger partial charge in [-0.1, -0.05) is 12.1 Å². The van der Waals surface area contributed by atoms with E-state index in [0.717, 1.165) is 12.1 Å². The quantitative estimate of drug-likeness (QED) is 0.423. The van der Waals surface area contributed by atoms with Crippen LogP contribution in [-0.2, 0) is 20.2 Å². The van der Waals surface area contributed by atoms with Crippen LogP contribution in [0.15, 0.2) is 46.2 Å². The van der Waals surface area contributed by atoms with Crippen molar-refractivity contribution in [2.75, 3.05) is 0 Å². The molecule has 0 aliphatic heterocycles. The molecule has 0 atom stereocenters. The second kappa shape index (κ2) is 7.19. The van der Waals surface area contributed by atoms with Crippen LogP contribution in [0.2, 0.25) is 0 Å². The minimum atomic E-state index is -4.30. The Bertz CT molecular complexity index is 768. The zero-order valence-corrected chi connectivity index (χ0v) is 16.4. The Morgan fingerprint density at radius 3 is 1.25 bits per heavy atom. The Morgan fingerprint density at radius 2 is 1.00 bits per heavy atom. The summed E-state index contributed by atoms with van der Waals surface area (Å²) >= 11 is 0. The summed E-state index contributed by atoms with van der Waals surface area (Å²) in [5.74, 6) is 0. The van der Waals surface area contributed by atoms with E-state index in [4.69, 9.17) is 9.11 Å². The van der Waals surface area contributed by atoms with Gasteiger partial charge in [-0.05, 0) is 35.0 Å². The molecule has 0 aliphatic carbocycles. The summed E-state index contributed by atoms with van der Waals surface area (Å²) < 4.78 is 61.4. The van der Waals surface area contributed by atoms with E-state index < -0.39 is 20.2 Å². The molecule has 0 aromatic heterocycles. The van der Waals surface area contributed by atoms with Gasteiger partial charge in [0.15, 0.2) is 0 Å². The van der Waals surface area contributed by atoms with Gasteiger partial charge in [0.05, 0.1) is 9.79 Å². The smallest absolute Gasteiger partial charge is 1.00 e. The van der Waals surface area contributed by atoms with Crippen molar-refractivity contribution < 1.29 is 87.9 Å². The zero-order valence-electron chi connectivity index (χ0n) is 12.8. The first-order chi connectivity index (χ1) is 8.18. The number of hydrogen-bond acceptors (Lipinski definition) is 4. The van der Waals surface area contributed by atoms with Gasteiger partial charge in [-0.3, -0.25) is 9.11 Å². The van der Waals surface area contributed by atoms with Crippen LogP contribution >= 0.6 is 0 Å². The maximum absolute atomic E-state index is 10.9. The largest absolute Gasteiger partial charge is 1.00 e. The number of fused-ring (bicyclic) bond motifs is 1. The molecule has 0 bridgehead atoms. The maximum Gasteiger partial charge on any atom is 1.00 e. The van der Waals surface area contributed by atoms with Crippen LogP contribution in [0.1, 0.15) is 2.85 Å². The molecule has 20 heavy (non-hydrogen) atoms. The molecule has 0 heterocycles. The summed E-state index contributed by atoms with van der Waals surface area (Å²) in [6, 6.07) is 7.38. The molecular weight excluding hydrogens is 326 g/mol. The third-order valence-electron chi connectivity index (χ3n) is 2.38. The summed E-state index contributed by atoms with van der Waals surface area (Å²) in [5.41, 5.74) is 0. The van der Waals surface area contributed by atoms with Crippen molar-refractivity contribution in [3.05, 3.63) is 36.4 Å².